The highest BCUT2D eigenvalue weighted by Crippen LogP contribution is 2.32. The fourth-order valence-electron chi connectivity index (χ4n) is 3.50. The lowest BCUT2D eigenvalue weighted by atomic mass is 9.79. The lowest BCUT2D eigenvalue weighted by Crippen LogP contribution is -2.27. The van der Waals surface area contributed by atoms with Gasteiger partial charge in [-0.05, 0) is 49.8 Å². The second-order valence-corrected chi connectivity index (χ2v) is 6.00. The predicted octanol–water partition coefficient (Wildman–Crippen LogP) is 2.73. The minimum Gasteiger partial charge on any atom is -0.399 e. The van der Waals surface area contributed by atoms with E-state index in [2.05, 4.69) is 15.6 Å². The van der Waals surface area contributed by atoms with E-state index in [0.29, 0.717) is 18.4 Å². The molecular weight excluding hydrogens is 250 g/mol. The number of anilines is 1. The van der Waals surface area contributed by atoms with Gasteiger partial charge in [0.1, 0.15) is 5.82 Å². The van der Waals surface area contributed by atoms with E-state index in [0.717, 1.165) is 35.5 Å². The summed E-state index contributed by atoms with van der Waals surface area (Å²) in [6.45, 7) is 3.31. The minimum atomic E-state index is 0.309. The van der Waals surface area contributed by atoms with E-state index in [4.69, 9.17) is 5.73 Å². The molecule has 0 radical (unpaired) electrons. The molecule has 1 aliphatic carbocycles. The average molecular weight is 273 g/mol. The van der Waals surface area contributed by atoms with E-state index >= 15 is 0 Å². The Balaban J connectivity index is 1.91. The third-order valence-corrected chi connectivity index (χ3v) is 4.68. The van der Waals surface area contributed by atoms with Gasteiger partial charge in [-0.15, -0.1) is 0 Å². The van der Waals surface area contributed by atoms with Gasteiger partial charge < -0.3 is 15.4 Å². The Morgan fingerprint density at radius 2 is 2.05 bits per heavy atom. The summed E-state index contributed by atoms with van der Waals surface area (Å²) in [5.41, 5.74) is 8.71. The van der Waals surface area contributed by atoms with Crippen molar-refractivity contribution in [3.05, 3.63) is 24.0 Å². The molecule has 0 bridgehead atoms. The number of imidazole rings is 1. The van der Waals surface area contributed by atoms with Crippen LogP contribution in [0.1, 0.15) is 31.5 Å². The summed E-state index contributed by atoms with van der Waals surface area (Å²) in [5, 5.41) is 9.57. The lowest BCUT2D eigenvalue weighted by Gasteiger charge is -2.30. The summed E-state index contributed by atoms with van der Waals surface area (Å²) in [4.78, 5) is 4.61. The molecule has 20 heavy (non-hydrogen) atoms. The summed E-state index contributed by atoms with van der Waals surface area (Å²) in [5.74, 6) is 2.03. The van der Waals surface area contributed by atoms with Crippen LogP contribution in [0.2, 0.25) is 0 Å². The first-order chi connectivity index (χ1) is 9.69. The van der Waals surface area contributed by atoms with Gasteiger partial charge in [0, 0.05) is 18.8 Å². The van der Waals surface area contributed by atoms with E-state index in [1.165, 1.54) is 19.3 Å². The maximum Gasteiger partial charge on any atom is 0.106 e. The maximum atomic E-state index is 9.57. The van der Waals surface area contributed by atoms with Crippen molar-refractivity contribution in [3.63, 3.8) is 0 Å². The van der Waals surface area contributed by atoms with Gasteiger partial charge in [0.25, 0.3) is 0 Å². The van der Waals surface area contributed by atoms with Crippen molar-refractivity contribution in [2.75, 3.05) is 12.3 Å². The van der Waals surface area contributed by atoms with Crippen molar-refractivity contribution in [2.24, 2.45) is 11.8 Å². The van der Waals surface area contributed by atoms with Crippen molar-refractivity contribution in [2.45, 2.75) is 39.2 Å². The normalized spacial score (nSPS) is 23.3. The highest BCUT2D eigenvalue weighted by Gasteiger charge is 2.25. The number of nitrogens with two attached hydrogens (primary N) is 1. The van der Waals surface area contributed by atoms with Crippen molar-refractivity contribution in [1.29, 1.82) is 0 Å². The molecule has 0 aliphatic heterocycles. The second-order valence-electron chi connectivity index (χ2n) is 6.00. The lowest BCUT2D eigenvalue weighted by molar-refractivity contribution is 0.123. The molecule has 1 aromatic heterocycles. The molecule has 0 spiro atoms. The van der Waals surface area contributed by atoms with Crippen LogP contribution in [-0.2, 0) is 6.54 Å². The standard InChI is InChI=1S/C16H23N3O/c1-11-18-15-8-14(17)6-7-16(15)19(11)9-12-4-2-3-5-13(12)10-20/h6-8,12-13,20H,2-5,9-10,17H2,1H3. The monoisotopic (exact) mass is 273 g/mol. The molecule has 3 rings (SSSR count). The summed E-state index contributed by atoms with van der Waals surface area (Å²) in [6.07, 6.45) is 4.89. The van der Waals surface area contributed by atoms with E-state index < -0.39 is 0 Å². The fourth-order valence-corrected chi connectivity index (χ4v) is 3.50. The number of nitrogens with zero attached hydrogens (tertiary/aromatic N) is 2. The minimum absolute atomic E-state index is 0.309. The Bertz CT molecular complexity index is 605. The van der Waals surface area contributed by atoms with E-state index in [1.54, 1.807) is 0 Å². The number of fused-ring (bicyclic) bond motifs is 1. The molecule has 1 saturated carbocycles. The average Bonchev–Trinajstić information content (AvgIpc) is 2.75. The largest absolute Gasteiger partial charge is 0.399 e. The van der Waals surface area contributed by atoms with Crippen LogP contribution in [0, 0.1) is 18.8 Å². The van der Waals surface area contributed by atoms with Crippen LogP contribution in [0.4, 0.5) is 5.69 Å². The summed E-state index contributed by atoms with van der Waals surface area (Å²) < 4.78 is 2.29. The quantitative estimate of drug-likeness (QED) is 0.845. The molecule has 1 aliphatic rings. The Labute approximate surface area is 119 Å². The first-order valence-electron chi connectivity index (χ1n) is 7.52. The molecule has 3 N–H and O–H groups in total. The number of hydrogen-bond acceptors (Lipinski definition) is 3. The van der Waals surface area contributed by atoms with Gasteiger partial charge in [-0.2, -0.15) is 0 Å². The third kappa shape index (κ3) is 2.40. The van der Waals surface area contributed by atoms with Crippen molar-refractivity contribution < 1.29 is 5.11 Å². The van der Waals surface area contributed by atoms with Crippen LogP contribution in [-0.4, -0.2) is 21.3 Å². The Morgan fingerprint density at radius 3 is 2.80 bits per heavy atom. The fraction of sp³-hybridized carbons (Fsp3) is 0.562. The van der Waals surface area contributed by atoms with Gasteiger partial charge in [0.05, 0.1) is 11.0 Å². The molecule has 2 aromatic rings. The van der Waals surface area contributed by atoms with Gasteiger partial charge in [-0.1, -0.05) is 12.8 Å². The topological polar surface area (TPSA) is 64.1 Å². The molecule has 1 fully saturated rings. The molecular formula is C16H23N3O. The van der Waals surface area contributed by atoms with Gasteiger partial charge >= 0.3 is 0 Å². The van der Waals surface area contributed by atoms with Crippen LogP contribution in [0.5, 0.6) is 0 Å². The van der Waals surface area contributed by atoms with Gasteiger partial charge in [-0.25, -0.2) is 4.98 Å². The highest BCUT2D eigenvalue weighted by atomic mass is 16.3. The summed E-state index contributed by atoms with van der Waals surface area (Å²) in [7, 11) is 0. The molecule has 2 atom stereocenters. The molecule has 1 heterocycles. The summed E-state index contributed by atoms with van der Waals surface area (Å²) >= 11 is 0. The Hall–Kier alpha value is -1.55. The highest BCUT2D eigenvalue weighted by molar-refractivity contribution is 5.79. The number of aliphatic hydroxyl groups is 1. The number of hydrogen-bond donors (Lipinski definition) is 2. The summed E-state index contributed by atoms with van der Waals surface area (Å²) in [6, 6.07) is 5.93. The number of rotatable bonds is 3. The second kappa shape index (κ2) is 5.44. The molecule has 1 aromatic carbocycles. The first-order valence-corrected chi connectivity index (χ1v) is 7.52. The van der Waals surface area contributed by atoms with E-state index in [9.17, 15) is 5.11 Å². The van der Waals surface area contributed by atoms with Crippen LogP contribution >= 0.6 is 0 Å². The van der Waals surface area contributed by atoms with Gasteiger partial charge in [0.2, 0.25) is 0 Å². The number of aromatic nitrogens is 2. The van der Waals surface area contributed by atoms with Crippen molar-refractivity contribution in [3.8, 4) is 0 Å². The van der Waals surface area contributed by atoms with Crippen LogP contribution < -0.4 is 5.73 Å². The zero-order chi connectivity index (χ0) is 14.1. The maximum absolute atomic E-state index is 9.57. The van der Waals surface area contributed by atoms with Gasteiger partial charge in [-0.3, -0.25) is 0 Å². The molecule has 0 saturated heterocycles. The molecule has 4 heteroatoms. The smallest absolute Gasteiger partial charge is 0.106 e. The van der Waals surface area contributed by atoms with Crippen molar-refractivity contribution in [1.82, 2.24) is 9.55 Å². The predicted molar refractivity (Wildman–Crippen MR) is 81.4 cm³/mol. The van der Waals surface area contributed by atoms with E-state index in [-0.39, 0.29) is 0 Å². The molecule has 4 nitrogen and oxygen atoms in total. The van der Waals surface area contributed by atoms with Crippen LogP contribution in [0.25, 0.3) is 11.0 Å². The molecule has 0 amide bonds. The molecule has 108 valence electrons. The number of nitrogen functional groups attached to an aromatic ring is 1. The van der Waals surface area contributed by atoms with Crippen LogP contribution in [0.15, 0.2) is 18.2 Å². The van der Waals surface area contributed by atoms with E-state index in [1.807, 2.05) is 19.1 Å². The van der Waals surface area contributed by atoms with Crippen LogP contribution in [0.3, 0.4) is 0 Å². The number of aryl methyl sites for hydroxylation is 1. The third-order valence-electron chi connectivity index (χ3n) is 4.68. The van der Waals surface area contributed by atoms with Gasteiger partial charge in [0.15, 0.2) is 0 Å². The Morgan fingerprint density at radius 1 is 1.30 bits per heavy atom. The Kier molecular flexibility index (Phi) is 3.66. The number of aliphatic hydroxyl groups excluding tert-OH is 1. The molecule has 2 unspecified atom stereocenters. The van der Waals surface area contributed by atoms with Crippen molar-refractivity contribution >= 4 is 16.7 Å². The first kappa shape index (κ1) is 13.4. The SMILES string of the molecule is Cc1nc2cc(N)ccc2n1CC1CCCCC1CO. The number of benzene rings is 1. The zero-order valence-corrected chi connectivity index (χ0v) is 12.0. The zero-order valence-electron chi connectivity index (χ0n) is 12.0.